The van der Waals surface area contributed by atoms with E-state index >= 15 is 0 Å². The molecule has 1 fully saturated rings. The van der Waals surface area contributed by atoms with Gasteiger partial charge in [-0.15, -0.1) is 0 Å². The van der Waals surface area contributed by atoms with Gasteiger partial charge in [0.2, 0.25) is 5.91 Å². The zero-order valence-electron chi connectivity index (χ0n) is 20.5. The molecule has 2 rings (SSSR count). The molecule has 1 atom stereocenters. The Morgan fingerprint density at radius 2 is 1.79 bits per heavy atom. The predicted molar refractivity (Wildman–Crippen MR) is 125 cm³/mol. The van der Waals surface area contributed by atoms with E-state index in [1.54, 1.807) is 59.7 Å². The number of carbonyl (C=O) groups excluding carboxylic acids is 3. The second-order valence-electron chi connectivity index (χ2n) is 9.79. The minimum atomic E-state index is -0.945. The maximum absolute atomic E-state index is 13.3. The van der Waals surface area contributed by atoms with E-state index in [4.69, 9.17) is 25.8 Å². The number of ether oxygens (including phenoxy) is 3. The predicted octanol–water partition coefficient (Wildman–Crippen LogP) is 4.02. The van der Waals surface area contributed by atoms with E-state index in [1.165, 1.54) is 7.11 Å². The molecule has 2 N–H and O–H groups in total. The quantitative estimate of drug-likeness (QED) is 0.515. The molecule has 0 radical (unpaired) electrons. The molecule has 8 nitrogen and oxygen atoms in total. The summed E-state index contributed by atoms with van der Waals surface area (Å²) >= 11 is 6.24. The number of benzene rings is 1. The first-order chi connectivity index (χ1) is 15.2. The van der Waals surface area contributed by atoms with Gasteiger partial charge in [-0.2, -0.15) is 0 Å². The van der Waals surface area contributed by atoms with E-state index in [-0.39, 0.29) is 19.0 Å². The van der Waals surface area contributed by atoms with Crippen LogP contribution in [0.25, 0.3) is 0 Å². The van der Waals surface area contributed by atoms with Crippen LogP contribution in [0.4, 0.5) is 4.79 Å². The third kappa shape index (κ3) is 6.76. The molecule has 0 heterocycles. The molecule has 2 amide bonds. The van der Waals surface area contributed by atoms with Crippen molar-refractivity contribution in [3.05, 3.63) is 28.8 Å². The molecule has 1 saturated carbocycles. The first kappa shape index (κ1) is 26.8. The third-order valence-corrected chi connectivity index (χ3v) is 6.05. The summed E-state index contributed by atoms with van der Waals surface area (Å²) in [5, 5.41) is 6.06. The Bertz CT molecular complexity index is 889. The van der Waals surface area contributed by atoms with Gasteiger partial charge in [0.1, 0.15) is 17.4 Å². The maximum atomic E-state index is 13.3. The van der Waals surface area contributed by atoms with Gasteiger partial charge in [-0.05, 0) is 72.1 Å². The van der Waals surface area contributed by atoms with Crippen LogP contribution in [0, 0.1) is 5.41 Å². The number of nitrogens with one attached hydrogen (secondary N) is 2. The first-order valence-electron chi connectivity index (χ1n) is 11.1. The highest BCUT2D eigenvalue weighted by Gasteiger charge is 2.60. The summed E-state index contributed by atoms with van der Waals surface area (Å²) in [6, 6.07) is 4.22. The zero-order valence-corrected chi connectivity index (χ0v) is 21.2. The zero-order chi connectivity index (χ0) is 25.0. The summed E-state index contributed by atoms with van der Waals surface area (Å²) in [5.74, 6) is -0.279. The van der Waals surface area contributed by atoms with Gasteiger partial charge in [-0.1, -0.05) is 17.7 Å². The average Bonchev–Trinajstić information content (AvgIpc) is 3.47. The number of hydrogen-bond acceptors (Lipinski definition) is 6. The minimum Gasteiger partial charge on any atom is -0.495 e. The topological polar surface area (TPSA) is 103 Å². The van der Waals surface area contributed by atoms with Crippen LogP contribution in [0.1, 0.15) is 59.9 Å². The van der Waals surface area contributed by atoms with Crippen LogP contribution < -0.4 is 15.4 Å². The first-order valence-corrected chi connectivity index (χ1v) is 11.4. The van der Waals surface area contributed by atoms with E-state index in [2.05, 4.69) is 10.6 Å². The fourth-order valence-electron chi connectivity index (χ4n) is 3.59. The lowest BCUT2D eigenvalue weighted by Crippen LogP contribution is -2.57. The molecule has 0 bridgehead atoms. The number of halogens is 1. The lowest BCUT2D eigenvalue weighted by atomic mass is 9.81. The van der Waals surface area contributed by atoms with Crippen molar-refractivity contribution in [2.24, 2.45) is 5.41 Å². The fourth-order valence-corrected chi connectivity index (χ4v) is 3.87. The molecule has 1 aromatic rings. The second-order valence-corrected chi connectivity index (χ2v) is 10.2. The van der Waals surface area contributed by atoms with Crippen LogP contribution in [0.5, 0.6) is 5.75 Å². The van der Waals surface area contributed by atoms with Crippen LogP contribution in [0.15, 0.2) is 18.2 Å². The van der Waals surface area contributed by atoms with Crippen molar-refractivity contribution in [3.63, 3.8) is 0 Å². The number of carbonyl (C=O) groups is 3. The standard InChI is InChI=1S/C24H35ClN2O6/c1-8-32-20(29)23(5,6)24(11-12-24)27-19(28)17(26-21(30)33-22(2,3)4)14-15-9-10-18(31-7)16(25)13-15/h9-10,13,17H,8,11-12,14H2,1-7H3,(H,26,30)(H,27,28)/t17-/m1/s1. The Labute approximate surface area is 200 Å². The molecule has 1 aromatic carbocycles. The van der Waals surface area contributed by atoms with Crippen LogP contribution in [0.2, 0.25) is 5.02 Å². The molecule has 0 unspecified atom stereocenters. The molecule has 184 valence electrons. The molecular weight excluding hydrogens is 448 g/mol. The van der Waals surface area contributed by atoms with Gasteiger partial charge >= 0.3 is 12.1 Å². The Morgan fingerprint density at radius 3 is 2.27 bits per heavy atom. The molecule has 0 spiro atoms. The summed E-state index contributed by atoms with van der Waals surface area (Å²) < 4.78 is 15.7. The maximum Gasteiger partial charge on any atom is 0.408 e. The van der Waals surface area contributed by atoms with Gasteiger partial charge in [0.25, 0.3) is 0 Å². The minimum absolute atomic E-state index is 0.171. The third-order valence-electron chi connectivity index (χ3n) is 5.76. The smallest absolute Gasteiger partial charge is 0.408 e. The average molecular weight is 483 g/mol. The molecule has 0 aromatic heterocycles. The van der Waals surface area contributed by atoms with Crippen molar-refractivity contribution in [1.29, 1.82) is 0 Å². The van der Waals surface area contributed by atoms with Gasteiger partial charge < -0.3 is 24.8 Å². The Hall–Kier alpha value is -2.48. The molecule has 33 heavy (non-hydrogen) atoms. The fraction of sp³-hybridized carbons (Fsp3) is 0.625. The summed E-state index contributed by atoms with van der Waals surface area (Å²) in [7, 11) is 1.52. The highest BCUT2D eigenvalue weighted by Crippen LogP contribution is 2.50. The molecule has 1 aliphatic rings. The van der Waals surface area contributed by atoms with Gasteiger partial charge in [-0.3, -0.25) is 9.59 Å². The van der Waals surface area contributed by atoms with Gasteiger partial charge in [-0.25, -0.2) is 4.79 Å². The molecule has 0 saturated heterocycles. The Balaban J connectivity index is 2.25. The molecule has 1 aliphatic carbocycles. The highest BCUT2D eigenvalue weighted by molar-refractivity contribution is 6.32. The normalized spacial score (nSPS) is 15.8. The van der Waals surface area contributed by atoms with Crippen molar-refractivity contribution >= 4 is 29.6 Å². The largest absolute Gasteiger partial charge is 0.495 e. The van der Waals surface area contributed by atoms with Crippen molar-refractivity contribution in [2.75, 3.05) is 13.7 Å². The number of alkyl carbamates (subject to hydrolysis) is 1. The van der Waals surface area contributed by atoms with Crippen LogP contribution in [0.3, 0.4) is 0 Å². The van der Waals surface area contributed by atoms with E-state index in [0.717, 1.165) is 5.56 Å². The molecular formula is C24H35ClN2O6. The summed E-state index contributed by atoms with van der Waals surface area (Å²) in [4.78, 5) is 38.4. The Morgan fingerprint density at radius 1 is 1.15 bits per heavy atom. The summed E-state index contributed by atoms with van der Waals surface area (Å²) in [6.45, 7) is 10.7. The van der Waals surface area contributed by atoms with E-state index in [1.807, 2.05) is 0 Å². The Kier molecular flexibility index (Phi) is 8.27. The van der Waals surface area contributed by atoms with Gasteiger partial charge in [0.15, 0.2) is 0 Å². The number of amides is 2. The highest BCUT2D eigenvalue weighted by atomic mass is 35.5. The van der Waals surface area contributed by atoms with Crippen LogP contribution in [-0.4, -0.2) is 48.9 Å². The van der Waals surface area contributed by atoms with E-state index in [0.29, 0.717) is 23.6 Å². The number of esters is 1. The second kappa shape index (κ2) is 10.2. The molecule has 0 aliphatic heterocycles. The van der Waals surface area contributed by atoms with Gasteiger partial charge in [0, 0.05) is 6.42 Å². The number of rotatable bonds is 9. The molecule has 9 heteroatoms. The lowest BCUT2D eigenvalue weighted by molar-refractivity contribution is -0.156. The monoisotopic (exact) mass is 482 g/mol. The summed E-state index contributed by atoms with van der Waals surface area (Å²) in [6.07, 6.45) is 0.734. The van der Waals surface area contributed by atoms with Crippen molar-refractivity contribution in [3.8, 4) is 5.75 Å². The van der Waals surface area contributed by atoms with E-state index < -0.39 is 34.6 Å². The van der Waals surface area contributed by atoms with Crippen molar-refractivity contribution in [2.45, 2.75) is 78.0 Å². The SMILES string of the molecule is CCOC(=O)C(C)(C)C1(NC(=O)[C@@H](Cc2ccc(OC)c(Cl)c2)NC(=O)OC(C)(C)C)CC1. The summed E-state index contributed by atoms with van der Waals surface area (Å²) in [5.41, 5.74) is -1.65. The lowest BCUT2D eigenvalue weighted by Gasteiger charge is -2.34. The van der Waals surface area contributed by atoms with E-state index in [9.17, 15) is 14.4 Å². The van der Waals surface area contributed by atoms with Crippen molar-refractivity contribution < 1.29 is 28.6 Å². The van der Waals surface area contributed by atoms with Crippen LogP contribution in [-0.2, 0) is 25.5 Å². The van der Waals surface area contributed by atoms with Crippen molar-refractivity contribution in [1.82, 2.24) is 10.6 Å². The number of methoxy groups -OCH3 is 1. The van der Waals surface area contributed by atoms with Gasteiger partial charge in [0.05, 0.1) is 29.7 Å². The number of hydrogen-bond donors (Lipinski definition) is 2. The van der Waals surface area contributed by atoms with Crippen LogP contribution >= 0.6 is 11.6 Å².